The summed E-state index contributed by atoms with van der Waals surface area (Å²) in [6.45, 7) is 3.71. The molecule has 0 aliphatic carbocycles. The molecule has 1 amide bonds. The molecule has 1 aromatic carbocycles. The first-order chi connectivity index (χ1) is 11.3. The lowest BCUT2D eigenvalue weighted by Gasteiger charge is -2.26. The van der Waals surface area contributed by atoms with Crippen LogP contribution in [0.3, 0.4) is 0 Å². The van der Waals surface area contributed by atoms with Crippen molar-refractivity contribution in [2.75, 3.05) is 36.4 Å². The van der Waals surface area contributed by atoms with Gasteiger partial charge in [0.05, 0.1) is 5.52 Å². The summed E-state index contributed by atoms with van der Waals surface area (Å²) >= 11 is 1.50. The van der Waals surface area contributed by atoms with Gasteiger partial charge in [0.2, 0.25) is 0 Å². The summed E-state index contributed by atoms with van der Waals surface area (Å²) in [5, 5.41) is 19.3. The van der Waals surface area contributed by atoms with Crippen LogP contribution in [0.2, 0.25) is 0 Å². The number of aromatic amines is 1. The summed E-state index contributed by atoms with van der Waals surface area (Å²) in [6.07, 6.45) is 0. The Bertz CT molecular complexity index is 836. The highest BCUT2D eigenvalue weighted by Crippen LogP contribution is 2.22. The van der Waals surface area contributed by atoms with Crippen molar-refractivity contribution >= 4 is 39.1 Å². The van der Waals surface area contributed by atoms with Crippen molar-refractivity contribution in [3.8, 4) is 0 Å². The first-order valence-corrected chi connectivity index (χ1v) is 8.21. The smallest absolute Gasteiger partial charge is 0.275 e. The first-order valence-electron chi connectivity index (χ1n) is 7.33. The van der Waals surface area contributed by atoms with Crippen LogP contribution in [-0.2, 0) is 0 Å². The zero-order chi connectivity index (χ0) is 15.6. The zero-order valence-corrected chi connectivity index (χ0v) is 13.1. The van der Waals surface area contributed by atoms with Gasteiger partial charge in [0.25, 0.3) is 5.91 Å². The summed E-state index contributed by atoms with van der Waals surface area (Å²) in [5.41, 5.74) is 2.65. The third kappa shape index (κ3) is 2.88. The molecule has 3 heterocycles. The van der Waals surface area contributed by atoms with Crippen LogP contribution in [0.15, 0.2) is 23.6 Å². The molecule has 1 aliphatic heterocycles. The lowest BCUT2D eigenvalue weighted by atomic mass is 10.2. The second-order valence-electron chi connectivity index (χ2n) is 5.25. The van der Waals surface area contributed by atoms with Gasteiger partial charge in [0.15, 0.2) is 5.13 Å². The fourth-order valence-corrected chi connectivity index (χ4v) is 3.34. The van der Waals surface area contributed by atoms with Crippen molar-refractivity contribution in [2.45, 2.75) is 0 Å². The summed E-state index contributed by atoms with van der Waals surface area (Å²) in [7, 11) is 0. The minimum atomic E-state index is -0.217. The molecule has 23 heavy (non-hydrogen) atoms. The number of aromatic nitrogens is 4. The van der Waals surface area contributed by atoms with Crippen molar-refractivity contribution in [3.05, 3.63) is 29.3 Å². The van der Waals surface area contributed by atoms with Crippen LogP contribution >= 0.6 is 11.3 Å². The van der Waals surface area contributed by atoms with Crippen molar-refractivity contribution in [1.29, 1.82) is 0 Å². The molecule has 3 N–H and O–H groups in total. The highest BCUT2D eigenvalue weighted by Gasteiger charge is 2.17. The van der Waals surface area contributed by atoms with Crippen LogP contribution < -0.4 is 15.5 Å². The second-order valence-corrected chi connectivity index (χ2v) is 6.09. The molecule has 9 heteroatoms. The third-order valence-corrected chi connectivity index (χ3v) is 4.60. The number of thiazole rings is 1. The second kappa shape index (κ2) is 5.94. The number of carbonyl (C=O) groups is 1. The van der Waals surface area contributed by atoms with E-state index in [-0.39, 0.29) is 5.91 Å². The lowest BCUT2D eigenvalue weighted by Crippen LogP contribution is -2.43. The van der Waals surface area contributed by atoms with Crippen LogP contribution in [0.4, 0.5) is 10.8 Å². The number of piperazine rings is 1. The average Bonchev–Trinajstić information content (AvgIpc) is 3.24. The molecule has 0 spiro atoms. The molecular formula is C14H15N7OS. The summed E-state index contributed by atoms with van der Waals surface area (Å²) < 4.78 is 0. The highest BCUT2D eigenvalue weighted by atomic mass is 32.1. The first kappa shape index (κ1) is 14.1. The average molecular weight is 329 g/mol. The highest BCUT2D eigenvalue weighted by molar-refractivity contribution is 7.14. The Kier molecular flexibility index (Phi) is 3.64. The number of nitrogens with zero attached hydrogens (tertiary/aromatic N) is 4. The van der Waals surface area contributed by atoms with Gasteiger partial charge in [-0.05, 0) is 18.2 Å². The van der Waals surface area contributed by atoms with Gasteiger partial charge in [-0.25, -0.2) is 4.98 Å². The Morgan fingerprint density at radius 1 is 1.30 bits per heavy atom. The van der Waals surface area contributed by atoms with E-state index in [2.05, 4.69) is 35.9 Å². The van der Waals surface area contributed by atoms with Crippen molar-refractivity contribution in [1.82, 2.24) is 25.7 Å². The van der Waals surface area contributed by atoms with Crippen LogP contribution in [0.1, 0.15) is 10.5 Å². The van der Waals surface area contributed by atoms with Gasteiger partial charge in [-0.2, -0.15) is 0 Å². The SMILES string of the molecule is O=C(Nc1ccc2[nH]nnc2c1)c1csc(N2CCNCC2)n1. The Morgan fingerprint density at radius 3 is 3.04 bits per heavy atom. The third-order valence-electron chi connectivity index (χ3n) is 3.70. The molecule has 1 aliphatic rings. The van der Waals surface area contributed by atoms with Crippen molar-refractivity contribution < 1.29 is 4.79 Å². The predicted octanol–water partition coefficient (Wildman–Crippen LogP) is 1.08. The minimum absolute atomic E-state index is 0.217. The molecule has 1 saturated heterocycles. The van der Waals surface area contributed by atoms with Crippen molar-refractivity contribution in [3.63, 3.8) is 0 Å². The Morgan fingerprint density at radius 2 is 2.17 bits per heavy atom. The molecule has 0 unspecified atom stereocenters. The standard InChI is InChI=1S/C14H15N7OS/c22-13(16-9-1-2-10-11(7-9)19-20-18-10)12-8-23-14(17-12)21-5-3-15-4-6-21/h1-2,7-8,15H,3-6H2,(H,16,22)(H,18,19,20). The zero-order valence-electron chi connectivity index (χ0n) is 12.2. The maximum Gasteiger partial charge on any atom is 0.275 e. The van der Waals surface area contributed by atoms with Gasteiger partial charge >= 0.3 is 0 Å². The number of hydrogen-bond donors (Lipinski definition) is 3. The normalized spacial score (nSPS) is 15.0. The number of anilines is 2. The summed E-state index contributed by atoms with van der Waals surface area (Å²) in [5.74, 6) is -0.217. The van der Waals surface area contributed by atoms with Crippen LogP contribution in [0, 0.1) is 0 Å². The fraction of sp³-hybridized carbons (Fsp3) is 0.286. The Balaban J connectivity index is 1.49. The van der Waals surface area contributed by atoms with E-state index >= 15 is 0 Å². The van der Waals surface area contributed by atoms with Gasteiger partial charge in [-0.1, -0.05) is 5.21 Å². The molecule has 8 nitrogen and oxygen atoms in total. The predicted molar refractivity (Wildman–Crippen MR) is 89.0 cm³/mol. The number of H-pyrrole nitrogens is 1. The van der Waals surface area contributed by atoms with E-state index in [9.17, 15) is 4.79 Å². The molecule has 3 aromatic rings. The van der Waals surface area contributed by atoms with E-state index in [4.69, 9.17) is 0 Å². The molecule has 1 fully saturated rings. The maximum absolute atomic E-state index is 12.3. The van der Waals surface area contributed by atoms with E-state index < -0.39 is 0 Å². The fourth-order valence-electron chi connectivity index (χ4n) is 2.48. The van der Waals surface area contributed by atoms with E-state index in [1.807, 2.05) is 12.1 Å². The Labute approximate surface area is 135 Å². The van der Waals surface area contributed by atoms with Gasteiger partial charge in [0, 0.05) is 37.2 Å². The molecule has 0 radical (unpaired) electrons. The van der Waals surface area contributed by atoms with E-state index in [0.29, 0.717) is 16.9 Å². The number of rotatable bonds is 3. The summed E-state index contributed by atoms with van der Waals surface area (Å²) in [6, 6.07) is 5.42. The van der Waals surface area contributed by atoms with Gasteiger partial charge in [-0.15, -0.1) is 16.4 Å². The minimum Gasteiger partial charge on any atom is -0.346 e. The molecule has 2 aromatic heterocycles. The van der Waals surface area contributed by atoms with E-state index in [1.54, 1.807) is 11.4 Å². The molecule has 0 bridgehead atoms. The van der Waals surface area contributed by atoms with E-state index in [0.717, 1.165) is 36.8 Å². The van der Waals surface area contributed by atoms with Crippen LogP contribution in [-0.4, -0.2) is 52.5 Å². The number of fused-ring (bicyclic) bond motifs is 1. The summed E-state index contributed by atoms with van der Waals surface area (Å²) in [4.78, 5) is 19.0. The van der Waals surface area contributed by atoms with E-state index in [1.165, 1.54) is 11.3 Å². The molecule has 0 saturated carbocycles. The molecule has 118 valence electrons. The maximum atomic E-state index is 12.3. The number of amides is 1. The van der Waals surface area contributed by atoms with Gasteiger partial charge in [-0.3, -0.25) is 9.89 Å². The quantitative estimate of drug-likeness (QED) is 0.665. The topological polar surface area (TPSA) is 98.8 Å². The van der Waals surface area contributed by atoms with Gasteiger partial charge < -0.3 is 15.5 Å². The monoisotopic (exact) mass is 329 g/mol. The number of carbonyl (C=O) groups excluding carboxylic acids is 1. The Hall–Kier alpha value is -2.52. The molecule has 0 atom stereocenters. The van der Waals surface area contributed by atoms with Crippen LogP contribution in [0.5, 0.6) is 0 Å². The van der Waals surface area contributed by atoms with Gasteiger partial charge in [0.1, 0.15) is 11.2 Å². The van der Waals surface area contributed by atoms with Crippen molar-refractivity contribution in [2.24, 2.45) is 0 Å². The van der Waals surface area contributed by atoms with Crippen LogP contribution in [0.25, 0.3) is 11.0 Å². The molecular weight excluding hydrogens is 314 g/mol. The number of benzene rings is 1. The largest absolute Gasteiger partial charge is 0.346 e. The molecule has 4 rings (SSSR count). The lowest BCUT2D eigenvalue weighted by molar-refractivity contribution is 0.102. The number of hydrogen-bond acceptors (Lipinski definition) is 7. The number of nitrogens with one attached hydrogen (secondary N) is 3.